The normalized spacial score (nSPS) is 11.2. The van der Waals surface area contributed by atoms with Gasteiger partial charge in [-0.15, -0.1) is 5.10 Å². The third kappa shape index (κ3) is 4.10. The molecule has 1 aromatic heterocycles. The minimum Gasteiger partial charge on any atom is -0.497 e. The Kier molecular flexibility index (Phi) is 5.39. The number of methoxy groups -OCH3 is 2. The van der Waals surface area contributed by atoms with E-state index in [9.17, 15) is 5.11 Å². The van der Waals surface area contributed by atoms with E-state index in [2.05, 4.69) is 15.5 Å². The quantitative estimate of drug-likeness (QED) is 0.816. The van der Waals surface area contributed by atoms with E-state index in [1.165, 1.54) is 0 Å². The first kappa shape index (κ1) is 17.0. The van der Waals surface area contributed by atoms with Gasteiger partial charge in [0.1, 0.15) is 17.3 Å². The predicted molar refractivity (Wildman–Crippen MR) is 89.0 cm³/mol. The second kappa shape index (κ2) is 7.28. The number of nitrogens with zero attached hydrogens (tertiary/aromatic N) is 2. The standard InChI is InChI=1S/C17H23N3O3/c1-17(2,11-21)13-7-16(20-19-10-13)18-9-12-5-6-14(22-3)8-15(12)23-4/h5-8,10,21H,9,11H2,1-4H3,(H,18,20). The molecule has 0 radical (unpaired) electrons. The molecule has 0 amide bonds. The first-order valence-electron chi connectivity index (χ1n) is 7.39. The second-order valence-corrected chi connectivity index (χ2v) is 5.90. The smallest absolute Gasteiger partial charge is 0.149 e. The molecule has 0 aliphatic carbocycles. The van der Waals surface area contributed by atoms with Crippen molar-refractivity contribution < 1.29 is 14.6 Å². The molecule has 0 fully saturated rings. The molecule has 0 aliphatic heterocycles. The summed E-state index contributed by atoms with van der Waals surface area (Å²) in [6, 6.07) is 7.57. The maximum Gasteiger partial charge on any atom is 0.149 e. The molecule has 2 aromatic rings. The summed E-state index contributed by atoms with van der Waals surface area (Å²) in [6.45, 7) is 4.51. The maximum absolute atomic E-state index is 9.47. The number of aliphatic hydroxyl groups excluding tert-OH is 1. The van der Waals surface area contributed by atoms with Crippen LogP contribution in [-0.2, 0) is 12.0 Å². The van der Waals surface area contributed by atoms with Gasteiger partial charge in [0.25, 0.3) is 0 Å². The van der Waals surface area contributed by atoms with Crippen LogP contribution in [0.1, 0.15) is 25.0 Å². The van der Waals surface area contributed by atoms with Gasteiger partial charge in [-0.2, -0.15) is 5.10 Å². The van der Waals surface area contributed by atoms with Crippen molar-refractivity contribution in [1.82, 2.24) is 10.2 Å². The van der Waals surface area contributed by atoms with Gasteiger partial charge in [-0.1, -0.05) is 13.8 Å². The molecule has 0 spiro atoms. The Balaban J connectivity index is 2.14. The van der Waals surface area contributed by atoms with Crippen LogP contribution in [0.4, 0.5) is 5.82 Å². The largest absolute Gasteiger partial charge is 0.497 e. The number of aliphatic hydroxyl groups is 1. The highest BCUT2D eigenvalue weighted by Gasteiger charge is 2.20. The molecule has 0 atom stereocenters. The number of nitrogens with one attached hydrogen (secondary N) is 1. The van der Waals surface area contributed by atoms with E-state index in [4.69, 9.17) is 9.47 Å². The summed E-state index contributed by atoms with van der Waals surface area (Å²) in [4.78, 5) is 0. The van der Waals surface area contributed by atoms with E-state index in [0.29, 0.717) is 12.4 Å². The fourth-order valence-electron chi connectivity index (χ4n) is 2.10. The van der Waals surface area contributed by atoms with E-state index >= 15 is 0 Å². The van der Waals surface area contributed by atoms with Crippen LogP contribution in [0.25, 0.3) is 0 Å². The molecule has 0 saturated carbocycles. The van der Waals surface area contributed by atoms with Gasteiger partial charge in [0.05, 0.1) is 27.0 Å². The third-order valence-electron chi connectivity index (χ3n) is 3.79. The summed E-state index contributed by atoms with van der Waals surface area (Å²) in [6.07, 6.45) is 1.68. The van der Waals surface area contributed by atoms with Crippen LogP contribution in [0.3, 0.4) is 0 Å². The van der Waals surface area contributed by atoms with E-state index < -0.39 is 0 Å². The first-order chi connectivity index (χ1) is 11.0. The molecule has 6 heteroatoms. The zero-order valence-corrected chi connectivity index (χ0v) is 14.0. The Morgan fingerprint density at radius 3 is 2.61 bits per heavy atom. The monoisotopic (exact) mass is 317 g/mol. The van der Waals surface area contributed by atoms with Crippen LogP contribution in [-0.4, -0.2) is 36.1 Å². The molecular formula is C17H23N3O3. The van der Waals surface area contributed by atoms with Crippen LogP contribution in [0, 0.1) is 0 Å². The Bertz CT molecular complexity index is 659. The van der Waals surface area contributed by atoms with Gasteiger partial charge < -0.3 is 19.9 Å². The Morgan fingerprint density at radius 2 is 1.96 bits per heavy atom. The summed E-state index contributed by atoms with van der Waals surface area (Å²) in [7, 11) is 3.25. The number of benzene rings is 1. The van der Waals surface area contributed by atoms with Crippen LogP contribution >= 0.6 is 0 Å². The number of hydrogen-bond acceptors (Lipinski definition) is 6. The van der Waals surface area contributed by atoms with Gasteiger partial charge in [0.15, 0.2) is 0 Å². The highest BCUT2D eigenvalue weighted by Crippen LogP contribution is 2.26. The van der Waals surface area contributed by atoms with Gasteiger partial charge in [-0.25, -0.2) is 0 Å². The van der Waals surface area contributed by atoms with Crippen molar-refractivity contribution in [3.63, 3.8) is 0 Å². The average molecular weight is 317 g/mol. The minimum atomic E-state index is -0.357. The summed E-state index contributed by atoms with van der Waals surface area (Å²) in [5.74, 6) is 2.15. The van der Waals surface area contributed by atoms with Crippen molar-refractivity contribution in [2.24, 2.45) is 0 Å². The molecule has 2 N–H and O–H groups in total. The second-order valence-electron chi connectivity index (χ2n) is 5.90. The Hall–Kier alpha value is -2.34. The fourth-order valence-corrected chi connectivity index (χ4v) is 2.10. The minimum absolute atomic E-state index is 0.0461. The summed E-state index contributed by atoms with van der Waals surface area (Å²) in [5.41, 5.74) is 1.56. The molecule has 124 valence electrons. The number of hydrogen-bond donors (Lipinski definition) is 2. The predicted octanol–water partition coefficient (Wildman–Crippen LogP) is 2.38. The SMILES string of the molecule is COc1ccc(CNc2cc(C(C)(C)CO)cnn2)c(OC)c1. The van der Waals surface area contributed by atoms with E-state index in [0.717, 1.165) is 22.6 Å². The zero-order valence-electron chi connectivity index (χ0n) is 14.0. The van der Waals surface area contributed by atoms with Crippen LogP contribution in [0.15, 0.2) is 30.5 Å². The highest BCUT2D eigenvalue weighted by molar-refractivity contribution is 5.44. The molecule has 0 unspecified atom stereocenters. The fraction of sp³-hybridized carbons (Fsp3) is 0.412. The molecule has 6 nitrogen and oxygen atoms in total. The summed E-state index contributed by atoms with van der Waals surface area (Å²) in [5, 5.41) is 20.8. The number of anilines is 1. The van der Waals surface area contributed by atoms with Gasteiger partial charge >= 0.3 is 0 Å². The van der Waals surface area contributed by atoms with Crippen LogP contribution in [0.2, 0.25) is 0 Å². The number of rotatable bonds is 7. The van der Waals surface area contributed by atoms with Crippen LogP contribution in [0.5, 0.6) is 11.5 Å². The van der Waals surface area contributed by atoms with Crippen molar-refractivity contribution >= 4 is 5.82 Å². The Labute approximate surface area is 136 Å². The molecule has 2 rings (SSSR count). The van der Waals surface area contributed by atoms with Gasteiger partial charge in [-0.05, 0) is 23.8 Å². The van der Waals surface area contributed by atoms with E-state index in [1.807, 2.05) is 38.1 Å². The highest BCUT2D eigenvalue weighted by atomic mass is 16.5. The topological polar surface area (TPSA) is 76.5 Å². The van der Waals surface area contributed by atoms with Crippen LogP contribution < -0.4 is 14.8 Å². The lowest BCUT2D eigenvalue weighted by atomic mass is 9.87. The summed E-state index contributed by atoms with van der Waals surface area (Å²) >= 11 is 0. The van der Waals surface area contributed by atoms with Crippen molar-refractivity contribution in [2.75, 3.05) is 26.1 Å². The van der Waals surface area contributed by atoms with E-state index in [-0.39, 0.29) is 12.0 Å². The third-order valence-corrected chi connectivity index (χ3v) is 3.79. The molecule has 0 saturated heterocycles. The lowest BCUT2D eigenvalue weighted by molar-refractivity contribution is 0.218. The van der Waals surface area contributed by atoms with Crippen molar-refractivity contribution in [2.45, 2.75) is 25.8 Å². The van der Waals surface area contributed by atoms with Gasteiger partial charge in [0, 0.05) is 23.6 Å². The van der Waals surface area contributed by atoms with Crippen molar-refractivity contribution in [3.05, 3.63) is 41.6 Å². The molecule has 1 heterocycles. The van der Waals surface area contributed by atoms with Crippen molar-refractivity contribution in [3.8, 4) is 11.5 Å². The number of aromatic nitrogens is 2. The molecule has 23 heavy (non-hydrogen) atoms. The lowest BCUT2D eigenvalue weighted by Gasteiger charge is -2.22. The zero-order chi connectivity index (χ0) is 16.9. The molecular weight excluding hydrogens is 294 g/mol. The van der Waals surface area contributed by atoms with Gasteiger partial charge in [-0.3, -0.25) is 0 Å². The maximum atomic E-state index is 9.47. The summed E-state index contributed by atoms with van der Waals surface area (Å²) < 4.78 is 10.6. The van der Waals surface area contributed by atoms with Crippen molar-refractivity contribution in [1.29, 1.82) is 0 Å². The average Bonchev–Trinajstić information content (AvgIpc) is 2.60. The van der Waals surface area contributed by atoms with E-state index in [1.54, 1.807) is 20.4 Å². The number of ether oxygens (including phenoxy) is 2. The lowest BCUT2D eigenvalue weighted by Crippen LogP contribution is -2.22. The first-order valence-corrected chi connectivity index (χ1v) is 7.39. The molecule has 0 aliphatic rings. The van der Waals surface area contributed by atoms with Gasteiger partial charge in [0.2, 0.25) is 0 Å². The molecule has 1 aromatic carbocycles. The Morgan fingerprint density at radius 1 is 1.17 bits per heavy atom. The molecule has 0 bridgehead atoms.